The van der Waals surface area contributed by atoms with Gasteiger partial charge in [0.1, 0.15) is 0 Å². The van der Waals surface area contributed by atoms with Crippen molar-refractivity contribution in [3.05, 3.63) is 12.7 Å². The van der Waals surface area contributed by atoms with Crippen molar-refractivity contribution in [2.75, 3.05) is 0 Å². The molecule has 0 bridgehead atoms. The molecule has 0 amide bonds. The molecule has 1 heteroatoms. The molecule has 0 radical (unpaired) electrons. The minimum atomic E-state index is -0.281. The third-order valence-electron chi connectivity index (χ3n) is 2.73. The molecule has 0 spiro atoms. The fraction of sp³-hybridized carbons (Fsp3) is 0.800. The van der Waals surface area contributed by atoms with E-state index in [0.717, 1.165) is 12.8 Å². The lowest BCUT2D eigenvalue weighted by atomic mass is 9.89. The van der Waals surface area contributed by atoms with Crippen LogP contribution in [0.4, 0.5) is 0 Å². The Labute approximate surface area is 69.1 Å². The van der Waals surface area contributed by atoms with Crippen molar-refractivity contribution in [2.24, 2.45) is 11.3 Å². The van der Waals surface area contributed by atoms with Crippen LogP contribution in [0.15, 0.2) is 12.7 Å². The van der Waals surface area contributed by atoms with Gasteiger partial charge in [0.2, 0.25) is 0 Å². The maximum atomic E-state index is 9.47. The fourth-order valence-electron chi connectivity index (χ4n) is 1.97. The Kier molecular flexibility index (Phi) is 2.38. The number of rotatable bonds is 2. The summed E-state index contributed by atoms with van der Waals surface area (Å²) in [6.07, 6.45) is 4.91. The number of aliphatic hydroxyl groups is 1. The van der Waals surface area contributed by atoms with Crippen molar-refractivity contribution in [2.45, 2.75) is 39.2 Å². The van der Waals surface area contributed by atoms with Crippen LogP contribution in [-0.4, -0.2) is 11.2 Å². The molecule has 1 rings (SSSR count). The SMILES string of the molecule is C=CC(O)C1CCC(C)(C)C1. The van der Waals surface area contributed by atoms with Crippen LogP contribution >= 0.6 is 0 Å². The molecule has 0 aromatic rings. The van der Waals surface area contributed by atoms with Crippen LogP contribution in [0.1, 0.15) is 33.1 Å². The second kappa shape index (κ2) is 2.98. The van der Waals surface area contributed by atoms with Gasteiger partial charge in [-0.25, -0.2) is 0 Å². The largest absolute Gasteiger partial charge is 0.389 e. The Morgan fingerprint density at radius 1 is 1.64 bits per heavy atom. The van der Waals surface area contributed by atoms with Crippen LogP contribution in [0.25, 0.3) is 0 Å². The quantitative estimate of drug-likeness (QED) is 0.605. The van der Waals surface area contributed by atoms with Gasteiger partial charge < -0.3 is 5.11 Å². The summed E-state index contributed by atoms with van der Waals surface area (Å²) in [5.74, 6) is 0.461. The molecule has 64 valence electrons. The molecule has 1 nitrogen and oxygen atoms in total. The van der Waals surface area contributed by atoms with Crippen LogP contribution in [0.3, 0.4) is 0 Å². The third kappa shape index (κ3) is 2.06. The topological polar surface area (TPSA) is 20.2 Å². The normalized spacial score (nSPS) is 31.7. The van der Waals surface area contributed by atoms with Crippen molar-refractivity contribution in [1.29, 1.82) is 0 Å². The first-order chi connectivity index (χ1) is 5.05. The van der Waals surface area contributed by atoms with E-state index in [1.807, 2.05) is 0 Å². The summed E-state index contributed by atoms with van der Waals surface area (Å²) in [6.45, 7) is 8.14. The van der Waals surface area contributed by atoms with Crippen molar-refractivity contribution < 1.29 is 5.11 Å². The van der Waals surface area contributed by atoms with Crippen LogP contribution < -0.4 is 0 Å². The first-order valence-corrected chi connectivity index (χ1v) is 4.36. The van der Waals surface area contributed by atoms with Gasteiger partial charge in [0, 0.05) is 0 Å². The molecule has 1 N–H and O–H groups in total. The van der Waals surface area contributed by atoms with E-state index >= 15 is 0 Å². The zero-order valence-electron chi connectivity index (χ0n) is 7.51. The Morgan fingerprint density at radius 3 is 2.64 bits per heavy atom. The maximum Gasteiger partial charge on any atom is 0.0746 e. The van der Waals surface area contributed by atoms with E-state index in [1.54, 1.807) is 6.08 Å². The van der Waals surface area contributed by atoms with Gasteiger partial charge in [-0.05, 0) is 30.6 Å². The Hall–Kier alpha value is -0.300. The highest BCUT2D eigenvalue weighted by Crippen LogP contribution is 2.42. The van der Waals surface area contributed by atoms with Crippen LogP contribution in [0.5, 0.6) is 0 Å². The maximum absolute atomic E-state index is 9.47. The lowest BCUT2D eigenvalue weighted by molar-refractivity contribution is 0.148. The summed E-state index contributed by atoms with van der Waals surface area (Å²) < 4.78 is 0. The summed E-state index contributed by atoms with van der Waals surface area (Å²) in [4.78, 5) is 0. The fourth-order valence-corrected chi connectivity index (χ4v) is 1.97. The first-order valence-electron chi connectivity index (χ1n) is 4.36. The predicted molar refractivity (Wildman–Crippen MR) is 47.3 cm³/mol. The van der Waals surface area contributed by atoms with Crippen molar-refractivity contribution in [3.8, 4) is 0 Å². The first kappa shape index (κ1) is 8.79. The summed E-state index contributed by atoms with van der Waals surface area (Å²) >= 11 is 0. The van der Waals surface area contributed by atoms with Gasteiger partial charge in [0.15, 0.2) is 0 Å². The molecule has 1 saturated carbocycles. The summed E-state index contributed by atoms with van der Waals surface area (Å²) in [5.41, 5.74) is 0.439. The van der Waals surface area contributed by atoms with E-state index in [1.165, 1.54) is 6.42 Å². The van der Waals surface area contributed by atoms with Crippen LogP contribution in [-0.2, 0) is 0 Å². The zero-order chi connectivity index (χ0) is 8.48. The average molecular weight is 154 g/mol. The number of hydrogen-bond acceptors (Lipinski definition) is 1. The Balaban J connectivity index is 2.47. The third-order valence-corrected chi connectivity index (χ3v) is 2.73. The van der Waals surface area contributed by atoms with E-state index in [9.17, 15) is 5.11 Å². The minimum Gasteiger partial charge on any atom is -0.389 e. The van der Waals surface area contributed by atoms with Gasteiger partial charge in [0.25, 0.3) is 0 Å². The van der Waals surface area contributed by atoms with Gasteiger partial charge in [0.05, 0.1) is 6.10 Å². The molecular formula is C10H18O. The summed E-state index contributed by atoms with van der Waals surface area (Å²) in [5, 5.41) is 9.47. The van der Waals surface area contributed by atoms with Crippen molar-refractivity contribution in [1.82, 2.24) is 0 Å². The molecule has 0 saturated heterocycles. The minimum absolute atomic E-state index is 0.281. The molecule has 11 heavy (non-hydrogen) atoms. The molecule has 1 aliphatic carbocycles. The molecule has 0 aliphatic heterocycles. The highest BCUT2D eigenvalue weighted by Gasteiger charge is 2.33. The van der Waals surface area contributed by atoms with Crippen molar-refractivity contribution in [3.63, 3.8) is 0 Å². The van der Waals surface area contributed by atoms with E-state index < -0.39 is 0 Å². The van der Waals surface area contributed by atoms with Crippen LogP contribution in [0.2, 0.25) is 0 Å². The smallest absolute Gasteiger partial charge is 0.0746 e. The molecule has 2 atom stereocenters. The molecular weight excluding hydrogens is 136 g/mol. The summed E-state index contributed by atoms with van der Waals surface area (Å²) in [7, 11) is 0. The monoisotopic (exact) mass is 154 g/mol. The van der Waals surface area contributed by atoms with Crippen molar-refractivity contribution >= 4 is 0 Å². The highest BCUT2D eigenvalue weighted by atomic mass is 16.3. The van der Waals surface area contributed by atoms with E-state index in [-0.39, 0.29) is 6.10 Å². The molecule has 0 aromatic carbocycles. The molecule has 0 heterocycles. The molecule has 0 aromatic heterocycles. The highest BCUT2D eigenvalue weighted by molar-refractivity contribution is 4.92. The second-order valence-electron chi connectivity index (χ2n) is 4.39. The average Bonchev–Trinajstić information content (AvgIpc) is 2.29. The second-order valence-corrected chi connectivity index (χ2v) is 4.39. The van der Waals surface area contributed by atoms with E-state index in [0.29, 0.717) is 11.3 Å². The number of aliphatic hydroxyl groups excluding tert-OH is 1. The molecule has 2 unspecified atom stereocenters. The molecule has 1 aliphatic rings. The lowest BCUT2D eigenvalue weighted by Crippen LogP contribution is -2.16. The standard InChI is InChI=1S/C10H18O/c1-4-9(11)8-5-6-10(2,3)7-8/h4,8-9,11H,1,5-7H2,2-3H3. The van der Waals surface area contributed by atoms with E-state index in [2.05, 4.69) is 20.4 Å². The number of hydrogen-bond donors (Lipinski definition) is 1. The zero-order valence-corrected chi connectivity index (χ0v) is 7.51. The predicted octanol–water partition coefficient (Wildman–Crippen LogP) is 2.36. The summed E-state index contributed by atoms with van der Waals surface area (Å²) in [6, 6.07) is 0. The van der Waals surface area contributed by atoms with Gasteiger partial charge in [-0.15, -0.1) is 6.58 Å². The van der Waals surface area contributed by atoms with Gasteiger partial charge in [-0.1, -0.05) is 19.9 Å². The Bertz CT molecular complexity index is 149. The van der Waals surface area contributed by atoms with Gasteiger partial charge in [-0.2, -0.15) is 0 Å². The van der Waals surface area contributed by atoms with Gasteiger partial charge >= 0.3 is 0 Å². The molecule has 1 fully saturated rings. The van der Waals surface area contributed by atoms with E-state index in [4.69, 9.17) is 0 Å². The lowest BCUT2D eigenvalue weighted by Gasteiger charge is -2.18. The van der Waals surface area contributed by atoms with Gasteiger partial charge in [-0.3, -0.25) is 0 Å². The Morgan fingerprint density at radius 2 is 2.27 bits per heavy atom. The van der Waals surface area contributed by atoms with Crippen LogP contribution in [0, 0.1) is 11.3 Å².